The van der Waals surface area contributed by atoms with Crippen molar-refractivity contribution < 1.29 is 9.59 Å². The largest absolute Gasteiger partial charge is 0.338 e. The van der Waals surface area contributed by atoms with E-state index in [1.165, 1.54) is 19.3 Å². The number of hydrogen-bond acceptors (Lipinski definition) is 3. The van der Waals surface area contributed by atoms with Gasteiger partial charge < -0.3 is 20.4 Å². The quantitative estimate of drug-likeness (QED) is 0.637. The minimum Gasteiger partial charge on any atom is -0.338 e. The van der Waals surface area contributed by atoms with Crippen LogP contribution in [0.3, 0.4) is 0 Å². The summed E-state index contributed by atoms with van der Waals surface area (Å²) >= 11 is 0. The van der Waals surface area contributed by atoms with Crippen molar-refractivity contribution in [1.82, 2.24) is 20.4 Å². The van der Waals surface area contributed by atoms with Crippen LogP contribution in [0, 0.1) is 17.8 Å². The fraction of sp³-hybridized carbons (Fsp3) is 0.680. The van der Waals surface area contributed by atoms with E-state index in [4.69, 9.17) is 0 Å². The highest BCUT2D eigenvalue weighted by Crippen LogP contribution is 2.55. The van der Waals surface area contributed by atoms with Crippen molar-refractivity contribution in [3.8, 4) is 0 Å². The van der Waals surface area contributed by atoms with Crippen molar-refractivity contribution in [3.05, 3.63) is 35.9 Å². The highest BCUT2D eigenvalue weighted by atomic mass is 16.2. The number of carbonyl (C=O) groups excluding carboxylic acids is 2. The predicted molar refractivity (Wildman–Crippen MR) is 122 cm³/mol. The number of rotatable bonds is 9. The molecule has 0 radical (unpaired) electrons. The maximum Gasteiger partial charge on any atom is 0.315 e. The van der Waals surface area contributed by atoms with Crippen molar-refractivity contribution in [2.45, 2.75) is 57.0 Å². The molecule has 4 aliphatic rings. The minimum atomic E-state index is -0.0994. The van der Waals surface area contributed by atoms with E-state index in [-0.39, 0.29) is 17.5 Å². The predicted octanol–water partition coefficient (Wildman–Crippen LogP) is 3.23. The van der Waals surface area contributed by atoms with Gasteiger partial charge in [0, 0.05) is 38.1 Å². The Morgan fingerprint density at radius 3 is 2.16 bits per heavy atom. The Labute approximate surface area is 186 Å². The summed E-state index contributed by atoms with van der Waals surface area (Å²) in [5.41, 5.74) is 1.13. The van der Waals surface area contributed by atoms with Crippen molar-refractivity contribution in [3.63, 3.8) is 0 Å². The summed E-state index contributed by atoms with van der Waals surface area (Å²) in [6.07, 6.45) is 7.83. The Balaban J connectivity index is 1.25. The number of urea groups is 1. The van der Waals surface area contributed by atoms with Gasteiger partial charge in [-0.1, -0.05) is 30.3 Å². The maximum absolute atomic E-state index is 12.9. The third-order valence-corrected chi connectivity index (χ3v) is 7.43. The molecule has 6 heteroatoms. The van der Waals surface area contributed by atoms with Crippen LogP contribution in [0.2, 0.25) is 0 Å². The number of amides is 3. The fourth-order valence-electron chi connectivity index (χ4n) is 6.41. The number of nitrogens with zero attached hydrogens (tertiary/aromatic N) is 2. The summed E-state index contributed by atoms with van der Waals surface area (Å²) in [7, 11) is 4.03. The van der Waals surface area contributed by atoms with Gasteiger partial charge in [0.2, 0.25) is 5.91 Å². The summed E-state index contributed by atoms with van der Waals surface area (Å²) in [6.45, 7) is 2.48. The standard InChI is InChI=1S/C25H38N4O2/c1-28(2)10-11-29(18-19-6-4-3-5-7-19)23(30)8-9-26-24(31)27-25-15-20-12-21(16-25)14-22(13-20)17-25/h3-7,20-22H,8-18H2,1-2H3,(H2,26,27,31). The molecular weight excluding hydrogens is 388 g/mol. The van der Waals surface area contributed by atoms with Crippen LogP contribution in [0.25, 0.3) is 0 Å². The highest BCUT2D eigenvalue weighted by molar-refractivity contribution is 5.78. The molecule has 170 valence electrons. The van der Waals surface area contributed by atoms with Crippen molar-refractivity contribution >= 4 is 11.9 Å². The van der Waals surface area contributed by atoms with Gasteiger partial charge in [0.05, 0.1) is 0 Å². The van der Waals surface area contributed by atoms with Crippen LogP contribution in [0.1, 0.15) is 50.5 Å². The molecule has 4 fully saturated rings. The third kappa shape index (κ3) is 5.79. The second-order valence-corrected chi connectivity index (χ2v) is 10.4. The Morgan fingerprint density at radius 2 is 1.58 bits per heavy atom. The fourth-order valence-corrected chi connectivity index (χ4v) is 6.41. The molecular formula is C25H38N4O2. The molecule has 31 heavy (non-hydrogen) atoms. The minimum absolute atomic E-state index is 0.00783. The van der Waals surface area contributed by atoms with Crippen LogP contribution in [0.4, 0.5) is 4.79 Å². The maximum atomic E-state index is 12.9. The van der Waals surface area contributed by atoms with Crippen LogP contribution in [-0.4, -0.2) is 61.0 Å². The molecule has 0 heterocycles. The van der Waals surface area contributed by atoms with Gasteiger partial charge in [-0.05, 0) is 75.9 Å². The first-order chi connectivity index (χ1) is 14.9. The summed E-state index contributed by atoms with van der Waals surface area (Å²) in [5, 5.41) is 6.29. The molecule has 1 aromatic carbocycles. The van der Waals surface area contributed by atoms with Gasteiger partial charge in [-0.2, -0.15) is 0 Å². The highest BCUT2D eigenvalue weighted by Gasteiger charge is 2.51. The van der Waals surface area contributed by atoms with E-state index < -0.39 is 0 Å². The molecule has 0 spiro atoms. The lowest BCUT2D eigenvalue weighted by Gasteiger charge is -2.56. The molecule has 0 atom stereocenters. The second-order valence-electron chi connectivity index (χ2n) is 10.4. The SMILES string of the molecule is CN(C)CCN(Cc1ccccc1)C(=O)CCNC(=O)NC12CC3CC(CC(C3)C1)C2. The van der Waals surface area contributed by atoms with Crippen LogP contribution >= 0.6 is 0 Å². The van der Waals surface area contributed by atoms with E-state index >= 15 is 0 Å². The Morgan fingerprint density at radius 1 is 0.968 bits per heavy atom. The second kappa shape index (κ2) is 9.60. The van der Waals surface area contributed by atoms with Crippen molar-refractivity contribution in [1.29, 1.82) is 0 Å². The molecule has 5 rings (SSSR count). The summed E-state index contributed by atoms with van der Waals surface area (Å²) < 4.78 is 0. The normalized spacial score (nSPS) is 28.5. The molecule has 4 aliphatic carbocycles. The average Bonchev–Trinajstić information content (AvgIpc) is 2.70. The molecule has 4 saturated carbocycles. The van der Waals surface area contributed by atoms with E-state index in [9.17, 15) is 9.59 Å². The van der Waals surface area contributed by atoms with Gasteiger partial charge in [-0.15, -0.1) is 0 Å². The van der Waals surface area contributed by atoms with Gasteiger partial charge in [0.1, 0.15) is 0 Å². The van der Waals surface area contributed by atoms with E-state index in [0.717, 1.165) is 49.1 Å². The smallest absolute Gasteiger partial charge is 0.315 e. The zero-order valence-electron chi connectivity index (χ0n) is 19.1. The first kappa shape index (κ1) is 22.1. The van der Waals surface area contributed by atoms with E-state index in [0.29, 0.717) is 26.1 Å². The molecule has 0 saturated heterocycles. The molecule has 3 amide bonds. The van der Waals surface area contributed by atoms with Gasteiger partial charge in [0.25, 0.3) is 0 Å². The van der Waals surface area contributed by atoms with Crippen LogP contribution in [0.15, 0.2) is 30.3 Å². The van der Waals surface area contributed by atoms with Gasteiger partial charge >= 0.3 is 6.03 Å². The number of hydrogen-bond donors (Lipinski definition) is 2. The summed E-state index contributed by atoms with van der Waals surface area (Å²) in [6, 6.07) is 9.99. The Bertz CT molecular complexity index is 729. The zero-order chi connectivity index (χ0) is 21.8. The number of carbonyl (C=O) groups is 2. The monoisotopic (exact) mass is 426 g/mol. The lowest BCUT2D eigenvalue weighted by atomic mass is 9.53. The molecule has 1 aromatic rings. The molecule has 0 aromatic heterocycles. The lowest BCUT2D eigenvalue weighted by Crippen LogP contribution is -2.61. The number of likely N-dealkylation sites (N-methyl/N-ethyl adjacent to an activating group) is 1. The van der Waals surface area contributed by atoms with Crippen molar-refractivity contribution in [2.24, 2.45) is 17.8 Å². The molecule has 6 nitrogen and oxygen atoms in total. The Hall–Kier alpha value is -2.08. The van der Waals surface area contributed by atoms with Crippen LogP contribution in [0.5, 0.6) is 0 Å². The lowest BCUT2D eigenvalue weighted by molar-refractivity contribution is -0.131. The Kier molecular flexibility index (Phi) is 6.85. The van der Waals surface area contributed by atoms with E-state index in [2.05, 4.69) is 15.5 Å². The van der Waals surface area contributed by atoms with Gasteiger partial charge in [-0.3, -0.25) is 4.79 Å². The molecule has 2 N–H and O–H groups in total. The van der Waals surface area contributed by atoms with Crippen molar-refractivity contribution in [2.75, 3.05) is 33.7 Å². The summed E-state index contributed by atoms with van der Waals surface area (Å²) in [5.74, 6) is 2.49. The zero-order valence-corrected chi connectivity index (χ0v) is 19.1. The average molecular weight is 427 g/mol. The third-order valence-electron chi connectivity index (χ3n) is 7.43. The number of nitrogens with one attached hydrogen (secondary N) is 2. The van der Waals surface area contributed by atoms with Crippen LogP contribution < -0.4 is 10.6 Å². The van der Waals surface area contributed by atoms with E-state index in [1.54, 1.807) is 0 Å². The van der Waals surface area contributed by atoms with Gasteiger partial charge in [-0.25, -0.2) is 4.79 Å². The number of benzene rings is 1. The topological polar surface area (TPSA) is 64.7 Å². The first-order valence-electron chi connectivity index (χ1n) is 11.9. The molecule has 4 bridgehead atoms. The van der Waals surface area contributed by atoms with Gasteiger partial charge in [0.15, 0.2) is 0 Å². The molecule has 0 aliphatic heterocycles. The van der Waals surface area contributed by atoms with E-state index in [1.807, 2.05) is 49.3 Å². The first-order valence-corrected chi connectivity index (χ1v) is 11.9. The van der Waals surface area contributed by atoms with Crippen LogP contribution in [-0.2, 0) is 11.3 Å². The summed E-state index contributed by atoms with van der Waals surface area (Å²) in [4.78, 5) is 29.5. The molecule has 0 unspecified atom stereocenters.